The number of amides is 1. The van der Waals surface area contributed by atoms with E-state index in [1.54, 1.807) is 0 Å². The molecule has 0 aliphatic carbocycles. The first-order valence-corrected chi connectivity index (χ1v) is 7.66. The molecule has 1 aromatic carbocycles. The van der Waals surface area contributed by atoms with E-state index in [-0.39, 0.29) is 5.91 Å². The highest BCUT2D eigenvalue weighted by Gasteiger charge is 2.20. The van der Waals surface area contributed by atoms with Gasteiger partial charge in [-0.2, -0.15) is 0 Å². The average molecular weight is 276 g/mol. The van der Waals surface area contributed by atoms with Gasteiger partial charge in [0.25, 0.3) is 5.91 Å². The summed E-state index contributed by atoms with van der Waals surface area (Å²) < 4.78 is 0. The van der Waals surface area contributed by atoms with Crippen LogP contribution in [-0.4, -0.2) is 30.4 Å². The van der Waals surface area contributed by atoms with Crippen LogP contribution < -0.4 is 5.32 Å². The summed E-state index contributed by atoms with van der Waals surface area (Å²) in [5.74, 6) is 0.109. The lowest BCUT2D eigenvalue weighted by atomic mass is 10.1. The lowest BCUT2D eigenvalue weighted by Crippen LogP contribution is -2.36. The molecule has 0 saturated carbocycles. The van der Waals surface area contributed by atoms with Crippen LogP contribution in [0.15, 0.2) is 18.2 Å². The highest BCUT2D eigenvalue weighted by atomic mass is 16.2. The van der Waals surface area contributed by atoms with Crippen LogP contribution in [0, 0.1) is 6.92 Å². The van der Waals surface area contributed by atoms with Crippen LogP contribution in [0.4, 0.5) is 5.69 Å². The van der Waals surface area contributed by atoms with Gasteiger partial charge in [0.05, 0.1) is 5.56 Å². The van der Waals surface area contributed by atoms with Crippen molar-refractivity contribution in [2.75, 3.05) is 18.9 Å². The number of carbonyl (C=O) groups is 1. The highest BCUT2D eigenvalue weighted by molar-refractivity contribution is 5.99. The quantitative estimate of drug-likeness (QED) is 0.814. The number of anilines is 1. The molecule has 0 fully saturated rings. The third kappa shape index (κ3) is 3.99. The van der Waals surface area contributed by atoms with Crippen molar-refractivity contribution in [1.82, 2.24) is 4.90 Å². The Balaban J connectivity index is 3.01. The van der Waals surface area contributed by atoms with Crippen LogP contribution in [0.25, 0.3) is 0 Å². The van der Waals surface area contributed by atoms with Gasteiger partial charge in [0, 0.05) is 25.3 Å². The molecule has 0 saturated heterocycles. The fourth-order valence-electron chi connectivity index (χ4n) is 2.44. The lowest BCUT2D eigenvalue weighted by Gasteiger charge is -2.27. The number of aryl methyl sites for hydroxylation is 1. The highest BCUT2D eigenvalue weighted by Crippen LogP contribution is 2.21. The monoisotopic (exact) mass is 276 g/mol. The average Bonchev–Trinajstić information content (AvgIpc) is 2.45. The number of hydrogen-bond donors (Lipinski definition) is 1. The van der Waals surface area contributed by atoms with Crippen molar-refractivity contribution in [2.45, 2.75) is 53.0 Å². The maximum atomic E-state index is 12.7. The van der Waals surface area contributed by atoms with E-state index in [0.29, 0.717) is 6.04 Å². The van der Waals surface area contributed by atoms with Crippen LogP contribution in [0.5, 0.6) is 0 Å². The van der Waals surface area contributed by atoms with Gasteiger partial charge in [-0.15, -0.1) is 0 Å². The largest absolute Gasteiger partial charge is 0.384 e. The van der Waals surface area contributed by atoms with Gasteiger partial charge < -0.3 is 10.2 Å². The van der Waals surface area contributed by atoms with Gasteiger partial charge in [0.15, 0.2) is 0 Å². The lowest BCUT2D eigenvalue weighted by molar-refractivity contribution is 0.0724. The summed E-state index contributed by atoms with van der Waals surface area (Å²) in [6.45, 7) is 9.32. The Morgan fingerprint density at radius 1 is 1.25 bits per heavy atom. The smallest absolute Gasteiger partial charge is 0.255 e. The number of nitrogens with zero attached hydrogens (tertiary/aromatic N) is 1. The number of hydrogen-bond acceptors (Lipinski definition) is 2. The summed E-state index contributed by atoms with van der Waals surface area (Å²) in [6, 6.07) is 6.31. The summed E-state index contributed by atoms with van der Waals surface area (Å²) in [6.07, 6.45) is 3.02. The van der Waals surface area contributed by atoms with Gasteiger partial charge in [-0.05, 0) is 43.9 Å². The zero-order chi connectivity index (χ0) is 15.1. The number of nitrogens with one attached hydrogen (secondary N) is 1. The maximum absolute atomic E-state index is 12.7. The molecule has 0 bridgehead atoms. The first kappa shape index (κ1) is 16.5. The van der Waals surface area contributed by atoms with Crippen molar-refractivity contribution in [1.29, 1.82) is 0 Å². The maximum Gasteiger partial charge on any atom is 0.255 e. The van der Waals surface area contributed by atoms with Gasteiger partial charge >= 0.3 is 0 Å². The molecule has 1 amide bonds. The van der Waals surface area contributed by atoms with E-state index in [1.807, 2.05) is 24.1 Å². The zero-order valence-corrected chi connectivity index (χ0v) is 13.5. The molecule has 1 aromatic rings. The van der Waals surface area contributed by atoms with E-state index in [2.05, 4.69) is 39.1 Å². The van der Waals surface area contributed by atoms with E-state index < -0.39 is 0 Å². The molecule has 0 spiro atoms. The van der Waals surface area contributed by atoms with E-state index >= 15 is 0 Å². The van der Waals surface area contributed by atoms with Crippen molar-refractivity contribution in [2.24, 2.45) is 0 Å². The molecule has 0 aromatic heterocycles. The van der Waals surface area contributed by atoms with Crippen LogP contribution in [0.1, 0.15) is 56.0 Å². The standard InChI is InChI=1S/C17H28N2O/c1-6-11-18-16-12-13(4)9-10-15(16)17(20)19(5)14(7-2)8-3/h9-10,12,14,18H,6-8,11H2,1-5H3. The molecule has 1 rings (SSSR count). The van der Waals surface area contributed by atoms with Crippen molar-refractivity contribution in [3.8, 4) is 0 Å². The van der Waals surface area contributed by atoms with Crippen molar-refractivity contribution in [3.05, 3.63) is 29.3 Å². The second kappa shape index (κ2) is 7.93. The summed E-state index contributed by atoms with van der Waals surface area (Å²) >= 11 is 0. The van der Waals surface area contributed by atoms with Gasteiger partial charge in [-0.3, -0.25) is 4.79 Å². The molecule has 1 N–H and O–H groups in total. The summed E-state index contributed by atoms with van der Waals surface area (Å²) in [5, 5.41) is 3.37. The minimum absolute atomic E-state index is 0.109. The summed E-state index contributed by atoms with van der Waals surface area (Å²) in [7, 11) is 1.91. The van der Waals surface area contributed by atoms with Crippen molar-refractivity contribution < 1.29 is 4.79 Å². The molecule has 3 nitrogen and oxygen atoms in total. The van der Waals surface area contributed by atoms with Crippen LogP contribution in [0.3, 0.4) is 0 Å². The molecule has 0 radical (unpaired) electrons. The Morgan fingerprint density at radius 2 is 1.90 bits per heavy atom. The third-order valence-electron chi connectivity index (χ3n) is 3.78. The van der Waals surface area contributed by atoms with Crippen LogP contribution in [-0.2, 0) is 0 Å². The Morgan fingerprint density at radius 3 is 2.45 bits per heavy atom. The number of benzene rings is 1. The molecule has 0 aliphatic rings. The topological polar surface area (TPSA) is 32.3 Å². The zero-order valence-electron chi connectivity index (χ0n) is 13.5. The molecule has 0 heterocycles. The van der Waals surface area contributed by atoms with Crippen LogP contribution in [0.2, 0.25) is 0 Å². The fraction of sp³-hybridized carbons (Fsp3) is 0.588. The first-order chi connectivity index (χ1) is 9.54. The Hall–Kier alpha value is -1.51. The molecular weight excluding hydrogens is 248 g/mol. The van der Waals surface area contributed by atoms with E-state index in [0.717, 1.165) is 37.1 Å². The van der Waals surface area contributed by atoms with E-state index in [4.69, 9.17) is 0 Å². The minimum Gasteiger partial charge on any atom is -0.384 e. The van der Waals surface area contributed by atoms with Crippen molar-refractivity contribution in [3.63, 3.8) is 0 Å². The molecular formula is C17H28N2O. The molecule has 112 valence electrons. The molecule has 3 heteroatoms. The Bertz CT molecular complexity index is 439. The third-order valence-corrected chi connectivity index (χ3v) is 3.78. The molecule has 0 atom stereocenters. The number of rotatable bonds is 7. The molecule has 0 unspecified atom stereocenters. The first-order valence-electron chi connectivity index (χ1n) is 7.66. The normalized spacial score (nSPS) is 10.7. The molecule has 0 aliphatic heterocycles. The predicted molar refractivity (Wildman–Crippen MR) is 86.4 cm³/mol. The van der Waals surface area contributed by atoms with E-state index in [9.17, 15) is 4.79 Å². The second-order valence-corrected chi connectivity index (χ2v) is 5.36. The summed E-state index contributed by atoms with van der Waals surface area (Å²) in [4.78, 5) is 14.6. The second-order valence-electron chi connectivity index (χ2n) is 5.36. The van der Waals surface area contributed by atoms with Gasteiger partial charge in [0.1, 0.15) is 0 Å². The predicted octanol–water partition coefficient (Wildman–Crippen LogP) is 4.08. The van der Waals surface area contributed by atoms with Gasteiger partial charge in [-0.25, -0.2) is 0 Å². The van der Waals surface area contributed by atoms with E-state index in [1.165, 1.54) is 5.56 Å². The number of carbonyl (C=O) groups excluding carboxylic acids is 1. The summed E-state index contributed by atoms with van der Waals surface area (Å²) in [5.41, 5.74) is 2.90. The van der Waals surface area contributed by atoms with Crippen LogP contribution >= 0.6 is 0 Å². The SMILES string of the molecule is CCCNc1cc(C)ccc1C(=O)N(C)C(CC)CC. The molecule has 20 heavy (non-hydrogen) atoms. The Kier molecular flexibility index (Phi) is 6.56. The Labute approximate surface area is 123 Å². The fourth-order valence-corrected chi connectivity index (χ4v) is 2.44. The minimum atomic E-state index is 0.109. The van der Waals surface area contributed by atoms with Gasteiger partial charge in [0.2, 0.25) is 0 Å². The van der Waals surface area contributed by atoms with Gasteiger partial charge in [-0.1, -0.05) is 26.8 Å². The van der Waals surface area contributed by atoms with Crippen molar-refractivity contribution >= 4 is 11.6 Å².